The standard InChI is InChI=1S/C14H14Cl2N2/c1-9-4-11(8-18-7-9)14(17)5-10-2-3-12(15)6-13(10)16/h2-4,6-8,14H,5,17H2,1H3. The summed E-state index contributed by atoms with van der Waals surface area (Å²) < 4.78 is 0. The molecule has 0 radical (unpaired) electrons. The zero-order chi connectivity index (χ0) is 13.1. The van der Waals surface area contributed by atoms with Crippen molar-refractivity contribution in [2.75, 3.05) is 0 Å². The summed E-state index contributed by atoms with van der Waals surface area (Å²) in [5.74, 6) is 0. The van der Waals surface area contributed by atoms with Crippen molar-refractivity contribution in [1.29, 1.82) is 0 Å². The molecule has 0 amide bonds. The third-order valence-corrected chi connectivity index (χ3v) is 3.37. The lowest BCUT2D eigenvalue weighted by atomic mass is 10.0. The summed E-state index contributed by atoms with van der Waals surface area (Å²) >= 11 is 12.0. The van der Waals surface area contributed by atoms with Gasteiger partial charge in [-0.05, 0) is 42.2 Å². The molecule has 1 heterocycles. The van der Waals surface area contributed by atoms with E-state index in [1.807, 2.05) is 31.3 Å². The van der Waals surface area contributed by atoms with Gasteiger partial charge in [-0.2, -0.15) is 0 Å². The number of aryl methyl sites for hydroxylation is 1. The summed E-state index contributed by atoms with van der Waals surface area (Å²) in [6, 6.07) is 7.40. The molecular formula is C14H14Cl2N2. The van der Waals surface area contributed by atoms with Crippen LogP contribution in [0.15, 0.2) is 36.7 Å². The minimum absolute atomic E-state index is 0.115. The van der Waals surface area contributed by atoms with Gasteiger partial charge in [0.15, 0.2) is 0 Å². The van der Waals surface area contributed by atoms with Gasteiger partial charge in [0.2, 0.25) is 0 Å². The van der Waals surface area contributed by atoms with Crippen LogP contribution in [0.3, 0.4) is 0 Å². The number of aromatic nitrogens is 1. The first-order chi connectivity index (χ1) is 8.56. The Labute approximate surface area is 117 Å². The molecule has 94 valence electrons. The van der Waals surface area contributed by atoms with Crippen LogP contribution >= 0.6 is 23.2 Å². The summed E-state index contributed by atoms with van der Waals surface area (Å²) in [6.07, 6.45) is 4.27. The van der Waals surface area contributed by atoms with E-state index in [1.54, 1.807) is 12.3 Å². The van der Waals surface area contributed by atoms with E-state index < -0.39 is 0 Å². The van der Waals surface area contributed by atoms with E-state index in [2.05, 4.69) is 4.98 Å². The molecule has 1 unspecified atom stereocenters. The molecule has 0 aliphatic heterocycles. The van der Waals surface area contributed by atoms with Crippen LogP contribution in [0.2, 0.25) is 10.0 Å². The molecule has 2 nitrogen and oxygen atoms in total. The number of pyridine rings is 1. The minimum Gasteiger partial charge on any atom is -0.324 e. The van der Waals surface area contributed by atoms with Gasteiger partial charge in [-0.25, -0.2) is 0 Å². The molecule has 0 spiro atoms. The molecule has 0 aliphatic rings. The molecule has 1 aromatic heterocycles. The first kappa shape index (κ1) is 13.3. The Morgan fingerprint density at radius 3 is 2.67 bits per heavy atom. The van der Waals surface area contributed by atoms with E-state index in [0.29, 0.717) is 16.5 Å². The zero-order valence-corrected chi connectivity index (χ0v) is 11.5. The Kier molecular flexibility index (Phi) is 4.23. The summed E-state index contributed by atoms with van der Waals surface area (Å²) in [5.41, 5.74) is 9.28. The Bertz CT molecular complexity index is 555. The number of halogens is 2. The van der Waals surface area contributed by atoms with E-state index >= 15 is 0 Å². The molecule has 0 fully saturated rings. The summed E-state index contributed by atoms with van der Waals surface area (Å²) in [4.78, 5) is 4.15. The van der Waals surface area contributed by atoms with Gasteiger partial charge in [-0.15, -0.1) is 0 Å². The van der Waals surface area contributed by atoms with Gasteiger partial charge in [-0.3, -0.25) is 4.98 Å². The molecule has 2 N–H and O–H groups in total. The van der Waals surface area contributed by atoms with Gasteiger partial charge in [0.25, 0.3) is 0 Å². The topological polar surface area (TPSA) is 38.9 Å². The van der Waals surface area contributed by atoms with E-state index in [9.17, 15) is 0 Å². The fourth-order valence-electron chi connectivity index (χ4n) is 1.82. The number of rotatable bonds is 3. The molecule has 18 heavy (non-hydrogen) atoms. The van der Waals surface area contributed by atoms with Crippen molar-refractivity contribution in [3.63, 3.8) is 0 Å². The summed E-state index contributed by atoms with van der Waals surface area (Å²) in [7, 11) is 0. The highest BCUT2D eigenvalue weighted by Crippen LogP contribution is 2.25. The Morgan fingerprint density at radius 1 is 1.22 bits per heavy atom. The third kappa shape index (κ3) is 3.22. The van der Waals surface area contributed by atoms with Crippen molar-refractivity contribution in [3.05, 3.63) is 63.4 Å². The highest BCUT2D eigenvalue weighted by Gasteiger charge is 2.10. The molecule has 0 bridgehead atoms. The van der Waals surface area contributed by atoms with E-state index in [1.165, 1.54) is 0 Å². The van der Waals surface area contributed by atoms with Gasteiger partial charge in [-0.1, -0.05) is 35.3 Å². The first-order valence-corrected chi connectivity index (χ1v) is 6.43. The zero-order valence-electron chi connectivity index (χ0n) is 10.0. The second kappa shape index (κ2) is 5.70. The Hall–Kier alpha value is -1.09. The SMILES string of the molecule is Cc1cncc(C(N)Cc2ccc(Cl)cc2Cl)c1. The largest absolute Gasteiger partial charge is 0.324 e. The molecule has 4 heteroatoms. The van der Waals surface area contributed by atoms with Crippen molar-refractivity contribution in [2.45, 2.75) is 19.4 Å². The highest BCUT2D eigenvalue weighted by atomic mass is 35.5. The fourth-order valence-corrected chi connectivity index (χ4v) is 2.31. The Morgan fingerprint density at radius 2 is 2.00 bits per heavy atom. The summed E-state index contributed by atoms with van der Waals surface area (Å²) in [5, 5.41) is 1.29. The quantitative estimate of drug-likeness (QED) is 0.925. The minimum atomic E-state index is -0.115. The second-order valence-electron chi connectivity index (χ2n) is 4.34. The maximum atomic E-state index is 6.17. The van der Waals surface area contributed by atoms with Crippen LogP contribution in [0.5, 0.6) is 0 Å². The van der Waals surface area contributed by atoms with Crippen molar-refractivity contribution >= 4 is 23.2 Å². The van der Waals surface area contributed by atoms with E-state index in [4.69, 9.17) is 28.9 Å². The van der Waals surface area contributed by atoms with E-state index in [-0.39, 0.29) is 6.04 Å². The van der Waals surface area contributed by atoms with Gasteiger partial charge in [0, 0.05) is 28.5 Å². The predicted molar refractivity (Wildman–Crippen MR) is 76.1 cm³/mol. The molecule has 0 saturated carbocycles. The normalized spacial score (nSPS) is 12.4. The summed E-state index contributed by atoms with van der Waals surface area (Å²) in [6.45, 7) is 2.00. The van der Waals surface area contributed by atoms with Gasteiger partial charge in [0.05, 0.1) is 0 Å². The number of benzene rings is 1. The molecule has 1 atom stereocenters. The van der Waals surface area contributed by atoms with E-state index in [0.717, 1.165) is 16.7 Å². The lowest BCUT2D eigenvalue weighted by molar-refractivity contribution is 0.717. The average Bonchev–Trinajstić information content (AvgIpc) is 2.32. The number of nitrogens with zero attached hydrogens (tertiary/aromatic N) is 1. The van der Waals surface area contributed by atoms with Crippen LogP contribution in [-0.2, 0) is 6.42 Å². The monoisotopic (exact) mass is 280 g/mol. The van der Waals surface area contributed by atoms with Gasteiger partial charge in [0.1, 0.15) is 0 Å². The van der Waals surface area contributed by atoms with Gasteiger partial charge >= 0.3 is 0 Å². The molecule has 0 aliphatic carbocycles. The van der Waals surface area contributed by atoms with Crippen LogP contribution in [-0.4, -0.2) is 4.98 Å². The van der Waals surface area contributed by atoms with Crippen LogP contribution < -0.4 is 5.73 Å². The second-order valence-corrected chi connectivity index (χ2v) is 5.19. The van der Waals surface area contributed by atoms with Crippen LogP contribution in [0.4, 0.5) is 0 Å². The number of nitrogens with two attached hydrogens (primary N) is 1. The fraction of sp³-hybridized carbons (Fsp3) is 0.214. The van der Waals surface area contributed by atoms with Crippen LogP contribution in [0.1, 0.15) is 22.7 Å². The Balaban J connectivity index is 2.18. The maximum absolute atomic E-state index is 6.17. The first-order valence-electron chi connectivity index (χ1n) is 5.67. The number of hydrogen-bond acceptors (Lipinski definition) is 2. The highest BCUT2D eigenvalue weighted by molar-refractivity contribution is 6.35. The predicted octanol–water partition coefficient (Wildman–Crippen LogP) is 3.94. The van der Waals surface area contributed by atoms with Crippen molar-refractivity contribution < 1.29 is 0 Å². The molecule has 2 rings (SSSR count). The lowest BCUT2D eigenvalue weighted by Crippen LogP contribution is -2.14. The average molecular weight is 281 g/mol. The lowest BCUT2D eigenvalue weighted by Gasteiger charge is -2.13. The smallest absolute Gasteiger partial charge is 0.0453 e. The molecule has 1 aromatic carbocycles. The van der Waals surface area contributed by atoms with Crippen molar-refractivity contribution in [1.82, 2.24) is 4.98 Å². The molecular weight excluding hydrogens is 267 g/mol. The van der Waals surface area contributed by atoms with Gasteiger partial charge < -0.3 is 5.73 Å². The van der Waals surface area contributed by atoms with Crippen molar-refractivity contribution in [3.8, 4) is 0 Å². The van der Waals surface area contributed by atoms with Crippen LogP contribution in [0, 0.1) is 6.92 Å². The third-order valence-electron chi connectivity index (χ3n) is 2.78. The molecule has 0 saturated heterocycles. The maximum Gasteiger partial charge on any atom is 0.0453 e. The van der Waals surface area contributed by atoms with Crippen molar-refractivity contribution in [2.24, 2.45) is 5.73 Å². The molecule has 2 aromatic rings. The number of hydrogen-bond donors (Lipinski definition) is 1. The van der Waals surface area contributed by atoms with Crippen LogP contribution in [0.25, 0.3) is 0 Å².